The number of rotatable bonds is 16. The first-order valence-corrected chi connectivity index (χ1v) is 17.9. The molecule has 0 aromatic heterocycles. The summed E-state index contributed by atoms with van der Waals surface area (Å²) in [5.41, 5.74) is 1.72. The summed E-state index contributed by atoms with van der Waals surface area (Å²) in [6.07, 6.45) is -1.82. The van der Waals surface area contributed by atoms with Crippen molar-refractivity contribution >= 4 is 31.7 Å². The van der Waals surface area contributed by atoms with Gasteiger partial charge in [0.15, 0.2) is 6.10 Å². The predicted octanol–water partition coefficient (Wildman–Crippen LogP) is 6.94. The topological polar surface area (TPSA) is 155 Å². The zero-order valence-corrected chi connectivity index (χ0v) is 28.7. The maximum atomic E-state index is 14.6. The van der Waals surface area contributed by atoms with E-state index in [4.69, 9.17) is 18.5 Å². The van der Waals surface area contributed by atoms with E-state index in [0.717, 1.165) is 12.7 Å². The number of carbonyl (C=O) groups excluding carboxylic acids is 3. The molecule has 49 heavy (non-hydrogen) atoms. The van der Waals surface area contributed by atoms with Crippen LogP contribution in [-0.4, -0.2) is 71.8 Å². The fourth-order valence-corrected chi connectivity index (χ4v) is 7.55. The Morgan fingerprint density at radius 3 is 2.10 bits per heavy atom. The predicted molar refractivity (Wildman–Crippen MR) is 181 cm³/mol. The average molecular weight is 696 g/mol. The van der Waals surface area contributed by atoms with E-state index in [1.807, 2.05) is 30.3 Å². The van der Waals surface area contributed by atoms with Gasteiger partial charge in [0.2, 0.25) is 5.85 Å². The van der Waals surface area contributed by atoms with Gasteiger partial charge in [-0.3, -0.25) is 9.09 Å². The van der Waals surface area contributed by atoms with E-state index < -0.39 is 54.1 Å². The summed E-state index contributed by atoms with van der Waals surface area (Å²) >= 11 is 0. The number of hydrogen-bond acceptors (Lipinski definition) is 9. The van der Waals surface area contributed by atoms with Gasteiger partial charge in [-0.25, -0.2) is 14.4 Å². The first-order chi connectivity index (χ1) is 23.6. The van der Waals surface area contributed by atoms with Crippen LogP contribution in [0.25, 0.3) is 0 Å². The number of hydrogen-bond donors (Lipinski definition) is 2. The second-order valence-electron chi connectivity index (χ2n) is 11.9. The normalized spacial score (nSPS) is 19.6. The van der Waals surface area contributed by atoms with E-state index in [1.54, 1.807) is 67.6 Å². The van der Waals surface area contributed by atoms with Crippen molar-refractivity contribution in [2.24, 2.45) is 0 Å². The molecule has 1 aliphatic heterocycles. The van der Waals surface area contributed by atoms with Crippen LogP contribution >= 0.6 is 7.60 Å². The monoisotopic (exact) mass is 695 g/mol. The van der Waals surface area contributed by atoms with E-state index in [2.05, 4.69) is 5.32 Å². The Morgan fingerprint density at radius 1 is 0.918 bits per heavy atom. The van der Waals surface area contributed by atoms with Crippen molar-refractivity contribution in [3.05, 3.63) is 108 Å². The van der Waals surface area contributed by atoms with Crippen LogP contribution in [0.15, 0.2) is 91.0 Å². The van der Waals surface area contributed by atoms with Gasteiger partial charge in [0, 0.05) is 32.9 Å². The summed E-state index contributed by atoms with van der Waals surface area (Å²) in [6.45, 7) is 2.06. The van der Waals surface area contributed by atoms with Gasteiger partial charge in [-0.1, -0.05) is 78.9 Å². The molecule has 0 radical (unpaired) electrons. The fraction of sp³-hybridized carbons (Fsp3) is 0.389. The first-order valence-electron chi connectivity index (χ1n) is 16.3. The largest absolute Gasteiger partial charge is 0.521 e. The van der Waals surface area contributed by atoms with Crippen molar-refractivity contribution in [1.82, 2.24) is 5.32 Å². The third kappa shape index (κ3) is 9.86. The number of carboxylic acid groups (broad SMARTS) is 1. The lowest BCUT2D eigenvalue weighted by Gasteiger charge is -2.34. The summed E-state index contributed by atoms with van der Waals surface area (Å²) in [5, 5.41) is 13.0. The molecule has 5 atom stereocenters. The Kier molecular flexibility index (Phi) is 13.7. The summed E-state index contributed by atoms with van der Waals surface area (Å²) in [4.78, 5) is 52.3. The zero-order chi connectivity index (χ0) is 35.3. The van der Waals surface area contributed by atoms with Crippen molar-refractivity contribution < 1.29 is 51.9 Å². The lowest BCUT2D eigenvalue weighted by molar-refractivity contribution is -0.794. The molecular weight excluding hydrogens is 651 g/mol. The van der Waals surface area contributed by atoms with Gasteiger partial charge in [-0.05, 0) is 49.4 Å². The van der Waals surface area contributed by atoms with Crippen molar-refractivity contribution in [3.63, 3.8) is 0 Å². The van der Waals surface area contributed by atoms with Crippen LogP contribution in [0.1, 0.15) is 60.5 Å². The van der Waals surface area contributed by atoms with Crippen LogP contribution in [0.2, 0.25) is 0 Å². The molecule has 0 aliphatic carbocycles. The van der Waals surface area contributed by atoms with E-state index in [9.17, 15) is 28.8 Å². The van der Waals surface area contributed by atoms with Gasteiger partial charge in [0.05, 0.1) is 12.1 Å². The number of alkyl carbamates (subject to hydrolysis) is 1. The Labute approximate surface area is 286 Å². The molecule has 1 aliphatic rings. The molecule has 2 N–H and O–H groups in total. The second kappa shape index (κ2) is 17.9. The highest BCUT2D eigenvalue weighted by atomic mass is 31.2. The molecule has 1 saturated heterocycles. The summed E-state index contributed by atoms with van der Waals surface area (Å²) in [7, 11) is -3.31. The molecular formula is C36H44N2O10P+. The Bertz CT molecular complexity index is 1590. The number of likely N-dealkylation sites (tertiary alicyclic amines) is 1. The number of esters is 1. The summed E-state index contributed by atoms with van der Waals surface area (Å²) in [5.74, 6) is -2.99. The maximum Gasteiger partial charge on any atom is 0.521 e. The number of unbranched alkanes of at least 4 members (excludes halogenated alkanes) is 1. The Balaban J connectivity index is 1.52. The number of nitrogens with zero attached hydrogens (tertiary/aromatic N) is 1. The van der Waals surface area contributed by atoms with E-state index >= 15 is 0 Å². The molecule has 0 spiro atoms. The van der Waals surface area contributed by atoms with Gasteiger partial charge in [-0.15, -0.1) is 0 Å². The number of imide groups is 1. The lowest BCUT2D eigenvalue weighted by atomic mass is 10.1. The zero-order valence-electron chi connectivity index (χ0n) is 27.8. The number of ether oxygens (including phenoxy) is 2. The highest BCUT2D eigenvalue weighted by molar-refractivity contribution is 7.54. The highest BCUT2D eigenvalue weighted by Crippen LogP contribution is 2.56. The molecule has 3 amide bonds. The SMILES string of the molecule is COP(=O)(OC(CCCCNC(=O)OCc1ccccc1)C(=O)[N+]1(C(=O)O)CCC[C@H]1C)[C@@H](Cc1ccccc1)OC(=O)c1ccccc1. The molecule has 4 rings (SSSR count). The molecule has 3 unspecified atom stereocenters. The molecule has 0 saturated carbocycles. The third-order valence-corrected chi connectivity index (χ3v) is 10.7. The Hall–Kier alpha value is -4.35. The molecule has 1 heterocycles. The number of amides is 3. The minimum absolute atomic E-state index is 0.0301. The third-order valence-electron chi connectivity index (χ3n) is 8.66. The Morgan fingerprint density at radius 2 is 1.53 bits per heavy atom. The van der Waals surface area contributed by atoms with Gasteiger partial charge >= 0.3 is 31.7 Å². The molecule has 3 aromatic rings. The van der Waals surface area contributed by atoms with Gasteiger partial charge in [-0.2, -0.15) is 9.28 Å². The summed E-state index contributed by atoms with van der Waals surface area (Å²) in [6, 6.07) is 25.7. The van der Waals surface area contributed by atoms with Crippen LogP contribution in [0.5, 0.6) is 0 Å². The fourth-order valence-electron chi connectivity index (χ4n) is 5.89. The van der Waals surface area contributed by atoms with Crippen LogP contribution < -0.4 is 5.32 Å². The number of carbonyl (C=O) groups is 4. The minimum atomic E-state index is -4.45. The van der Waals surface area contributed by atoms with Gasteiger partial charge < -0.3 is 24.4 Å². The van der Waals surface area contributed by atoms with E-state index in [-0.39, 0.29) is 38.1 Å². The maximum absolute atomic E-state index is 14.6. The van der Waals surface area contributed by atoms with Crippen molar-refractivity contribution in [1.29, 1.82) is 0 Å². The molecule has 3 aromatic carbocycles. The van der Waals surface area contributed by atoms with Crippen LogP contribution in [0, 0.1) is 0 Å². The minimum Gasteiger partial charge on any atom is -0.445 e. The molecule has 12 nitrogen and oxygen atoms in total. The van der Waals surface area contributed by atoms with E-state index in [1.165, 1.54) is 0 Å². The highest BCUT2D eigenvalue weighted by Gasteiger charge is 2.57. The number of nitrogens with one attached hydrogen (secondary N) is 1. The standard InChI is InChI=1S/C36H43N2O10P/c1-27-15-14-24-38(27,36(42)43)33(39)31(22-12-13-23-37-35(41)46-26-29-18-8-4-9-19-29)48-49(44,45-2)32(25-28-16-6-3-7-17-28)47-34(40)30-20-10-5-11-21-30/h3-11,16-21,27,31-32H,12-15,22-26H2,1-2H3,(H-,37,41,42,43)/p+1/t27-,31?,32+,38?,49?/m1/s1. The molecule has 0 bridgehead atoms. The van der Waals surface area contributed by atoms with E-state index in [0.29, 0.717) is 31.2 Å². The van der Waals surface area contributed by atoms with Crippen molar-refractivity contribution in [2.75, 3.05) is 20.2 Å². The molecule has 13 heteroatoms. The van der Waals surface area contributed by atoms with Gasteiger partial charge in [0.1, 0.15) is 12.6 Å². The number of benzene rings is 3. The molecule has 1 fully saturated rings. The lowest BCUT2D eigenvalue weighted by Crippen LogP contribution is -2.62. The quantitative estimate of drug-likeness (QED) is 0.0697. The summed E-state index contributed by atoms with van der Waals surface area (Å²) < 4.78 is 36.3. The number of quaternary nitrogens is 1. The van der Waals surface area contributed by atoms with Crippen LogP contribution in [0.4, 0.5) is 9.59 Å². The second-order valence-corrected chi connectivity index (χ2v) is 14.2. The first kappa shape index (κ1) is 37.5. The molecule has 262 valence electrons. The van der Waals surface area contributed by atoms with Crippen LogP contribution in [-0.2, 0) is 40.9 Å². The van der Waals surface area contributed by atoms with Crippen molar-refractivity contribution in [2.45, 2.75) is 70.0 Å². The average Bonchev–Trinajstić information content (AvgIpc) is 3.52. The smallest absolute Gasteiger partial charge is 0.445 e. The van der Waals surface area contributed by atoms with Crippen molar-refractivity contribution in [3.8, 4) is 0 Å². The van der Waals surface area contributed by atoms with Crippen LogP contribution in [0.3, 0.4) is 0 Å². The van der Waals surface area contributed by atoms with Gasteiger partial charge in [0.25, 0.3) is 0 Å².